The summed E-state index contributed by atoms with van der Waals surface area (Å²) in [7, 11) is 1.94. The first-order valence-corrected chi connectivity index (χ1v) is 5.96. The Morgan fingerprint density at radius 2 is 2.24 bits per heavy atom. The number of nitrogens with one attached hydrogen (secondary N) is 1. The minimum absolute atomic E-state index is 0.265. The number of benzene rings is 1. The fourth-order valence-corrected chi connectivity index (χ4v) is 1.63. The molecule has 0 bridgehead atoms. The number of nitrogens with zero attached hydrogens (tertiary/aromatic N) is 1. The van der Waals surface area contributed by atoms with Crippen LogP contribution in [0.4, 0.5) is 0 Å². The second-order valence-corrected chi connectivity index (χ2v) is 4.16. The van der Waals surface area contributed by atoms with Gasteiger partial charge in [0.1, 0.15) is 5.75 Å². The lowest BCUT2D eigenvalue weighted by atomic mass is 10.0. The molecule has 0 heterocycles. The minimum Gasteiger partial charge on any atom is -0.493 e. The van der Waals surface area contributed by atoms with Gasteiger partial charge in [0.15, 0.2) is 0 Å². The van der Waals surface area contributed by atoms with Crippen molar-refractivity contribution in [3.8, 4) is 11.8 Å². The van der Waals surface area contributed by atoms with Crippen molar-refractivity contribution in [1.82, 2.24) is 5.32 Å². The van der Waals surface area contributed by atoms with Crippen LogP contribution in [0.25, 0.3) is 0 Å². The molecule has 1 N–H and O–H groups in total. The maximum absolute atomic E-state index is 8.47. The van der Waals surface area contributed by atoms with E-state index in [9.17, 15) is 0 Å². The molecule has 0 aliphatic heterocycles. The van der Waals surface area contributed by atoms with E-state index in [1.165, 1.54) is 11.1 Å². The molecule has 92 valence electrons. The molecular formula is C14H20N2O. The van der Waals surface area contributed by atoms with E-state index in [2.05, 4.69) is 31.3 Å². The largest absolute Gasteiger partial charge is 0.493 e. The van der Waals surface area contributed by atoms with E-state index >= 15 is 0 Å². The van der Waals surface area contributed by atoms with E-state index in [4.69, 9.17) is 10.00 Å². The Bertz CT molecular complexity index is 396. The van der Waals surface area contributed by atoms with Crippen molar-refractivity contribution in [2.45, 2.75) is 32.7 Å². The van der Waals surface area contributed by atoms with E-state index in [1.807, 2.05) is 19.2 Å². The van der Waals surface area contributed by atoms with Gasteiger partial charge in [-0.2, -0.15) is 5.26 Å². The molecule has 1 aromatic rings. The summed E-state index contributed by atoms with van der Waals surface area (Å²) in [5.41, 5.74) is 2.40. The molecule has 3 heteroatoms. The van der Waals surface area contributed by atoms with Gasteiger partial charge in [0, 0.05) is 18.0 Å². The van der Waals surface area contributed by atoms with E-state index in [0.717, 1.165) is 12.2 Å². The Labute approximate surface area is 103 Å². The highest BCUT2D eigenvalue weighted by Gasteiger charge is 2.10. The summed E-state index contributed by atoms with van der Waals surface area (Å²) < 4.78 is 5.73. The molecule has 0 amide bonds. The third-order valence-electron chi connectivity index (χ3n) is 2.76. The van der Waals surface area contributed by atoms with Gasteiger partial charge in [0.2, 0.25) is 0 Å². The zero-order valence-electron chi connectivity index (χ0n) is 10.8. The lowest BCUT2D eigenvalue weighted by molar-refractivity contribution is 0.307. The molecule has 3 nitrogen and oxygen atoms in total. The molecule has 0 saturated carbocycles. The molecule has 1 atom stereocenters. The van der Waals surface area contributed by atoms with Crippen molar-refractivity contribution >= 4 is 0 Å². The Kier molecular flexibility index (Phi) is 5.51. The van der Waals surface area contributed by atoms with E-state index in [1.54, 1.807) is 0 Å². The van der Waals surface area contributed by atoms with Crippen LogP contribution in [0, 0.1) is 18.3 Å². The molecule has 0 aliphatic carbocycles. The van der Waals surface area contributed by atoms with Gasteiger partial charge < -0.3 is 10.1 Å². The van der Waals surface area contributed by atoms with Gasteiger partial charge in [-0.05, 0) is 33.4 Å². The number of rotatable bonds is 6. The Balaban J connectivity index is 2.73. The highest BCUT2D eigenvalue weighted by molar-refractivity contribution is 5.38. The summed E-state index contributed by atoms with van der Waals surface area (Å²) in [5.74, 6) is 0.912. The predicted molar refractivity (Wildman–Crippen MR) is 69.0 cm³/mol. The van der Waals surface area contributed by atoms with Crippen molar-refractivity contribution in [3.05, 3.63) is 29.3 Å². The standard InChI is InChI=1S/C14H20N2O/c1-11-6-7-14(17-9-5-4-8-15)13(10-11)12(2)16-3/h6-7,10,12,16H,4-5,9H2,1-3H3. The molecule has 0 saturated heterocycles. The SMILES string of the molecule is CNC(C)c1cc(C)ccc1OCCCC#N. The summed E-state index contributed by atoms with van der Waals surface area (Å²) in [4.78, 5) is 0. The highest BCUT2D eigenvalue weighted by atomic mass is 16.5. The maximum Gasteiger partial charge on any atom is 0.124 e. The van der Waals surface area contributed by atoms with Gasteiger partial charge in [0.25, 0.3) is 0 Å². The van der Waals surface area contributed by atoms with E-state index < -0.39 is 0 Å². The summed E-state index contributed by atoms with van der Waals surface area (Å²) in [5, 5.41) is 11.7. The van der Waals surface area contributed by atoms with Crippen molar-refractivity contribution in [3.63, 3.8) is 0 Å². The number of hydrogen-bond donors (Lipinski definition) is 1. The maximum atomic E-state index is 8.47. The highest BCUT2D eigenvalue weighted by Crippen LogP contribution is 2.26. The average Bonchev–Trinajstić information content (AvgIpc) is 2.35. The zero-order valence-corrected chi connectivity index (χ0v) is 10.8. The van der Waals surface area contributed by atoms with Crippen LogP contribution in [0.2, 0.25) is 0 Å². The average molecular weight is 232 g/mol. The first-order valence-electron chi connectivity index (χ1n) is 5.96. The normalized spacial score (nSPS) is 11.9. The first-order chi connectivity index (χ1) is 8.19. The van der Waals surface area contributed by atoms with Crippen LogP contribution in [-0.2, 0) is 0 Å². The first kappa shape index (κ1) is 13.5. The smallest absolute Gasteiger partial charge is 0.124 e. The Morgan fingerprint density at radius 1 is 1.47 bits per heavy atom. The number of aryl methyl sites for hydroxylation is 1. The molecule has 0 fully saturated rings. The second kappa shape index (κ2) is 6.93. The number of unbranched alkanes of at least 4 members (excludes halogenated alkanes) is 1. The van der Waals surface area contributed by atoms with Crippen LogP contribution in [0.15, 0.2) is 18.2 Å². The van der Waals surface area contributed by atoms with Gasteiger partial charge in [-0.3, -0.25) is 0 Å². The summed E-state index contributed by atoms with van der Waals surface area (Å²) >= 11 is 0. The fraction of sp³-hybridized carbons (Fsp3) is 0.500. The van der Waals surface area contributed by atoms with E-state index in [0.29, 0.717) is 13.0 Å². The van der Waals surface area contributed by atoms with Crippen molar-refractivity contribution in [2.24, 2.45) is 0 Å². The van der Waals surface area contributed by atoms with Crippen LogP contribution in [0.1, 0.15) is 36.9 Å². The van der Waals surface area contributed by atoms with Crippen LogP contribution in [0.3, 0.4) is 0 Å². The molecule has 0 radical (unpaired) electrons. The number of nitriles is 1. The molecule has 17 heavy (non-hydrogen) atoms. The van der Waals surface area contributed by atoms with Crippen molar-refractivity contribution < 1.29 is 4.74 Å². The lowest BCUT2D eigenvalue weighted by Crippen LogP contribution is -2.14. The quantitative estimate of drug-likeness (QED) is 0.767. The summed E-state index contributed by atoms with van der Waals surface area (Å²) in [6, 6.07) is 8.58. The third kappa shape index (κ3) is 4.08. The fourth-order valence-electron chi connectivity index (χ4n) is 1.63. The number of ether oxygens (including phenoxy) is 1. The molecule has 0 spiro atoms. The Morgan fingerprint density at radius 3 is 2.88 bits per heavy atom. The van der Waals surface area contributed by atoms with Gasteiger partial charge in [0.05, 0.1) is 12.7 Å². The van der Waals surface area contributed by atoms with Crippen molar-refractivity contribution in [2.75, 3.05) is 13.7 Å². The molecular weight excluding hydrogens is 212 g/mol. The van der Waals surface area contributed by atoms with Gasteiger partial charge >= 0.3 is 0 Å². The molecule has 0 aliphatic rings. The van der Waals surface area contributed by atoms with Crippen molar-refractivity contribution in [1.29, 1.82) is 5.26 Å². The van der Waals surface area contributed by atoms with Gasteiger partial charge in [-0.1, -0.05) is 17.7 Å². The number of hydrogen-bond acceptors (Lipinski definition) is 3. The second-order valence-electron chi connectivity index (χ2n) is 4.16. The lowest BCUT2D eigenvalue weighted by Gasteiger charge is -2.17. The monoisotopic (exact) mass is 232 g/mol. The van der Waals surface area contributed by atoms with Crippen LogP contribution >= 0.6 is 0 Å². The molecule has 0 aromatic heterocycles. The van der Waals surface area contributed by atoms with Crippen LogP contribution in [-0.4, -0.2) is 13.7 Å². The van der Waals surface area contributed by atoms with E-state index in [-0.39, 0.29) is 6.04 Å². The minimum atomic E-state index is 0.265. The Hall–Kier alpha value is -1.53. The zero-order chi connectivity index (χ0) is 12.7. The predicted octanol–water partition coefficient (Wildman–Crippen LogP) is 2.96. The van der Waals surface area contributed by atoms with Crippen LogP contribution < -0.4 is 10.1 Å². The topological polar surface area (TPSA) is 45.0 Å². The molecule has 1 unspecified atom stereocenters. The summed E-state index contributed by atoms with van der Waals surface area (Å²) in [6.45, 7) is 4.78. The van der Waals surface area contributed by atoms with Gasteiger partial charge in [-0.25, -0.2) is 0 Å². The molecule has 1 rings (SSSR count). The van der Waals surface area contributed by atoms with Gasteiger partial charge in [-0.15, -0.1) is 0 Å². The summed E-state index contributed by atoms with van der Waals surface area (Å²) in [6.07, 6.45) is 1.32. The third-order valence-corrected chi connectivity index (χ3v) is 2.76. The molecule has 1 aromatic carbocycles. The van der Waals surface area contributed by atoms with Crippen LogP contribution in [0.5, 0.6) is 5.75 Å².